The van der Waals surface area contributed by atoms with Gasteiger partial charge in [-0.1, -0.05) is 6.07 Å². The average Bonchev–Trinajstić information content (AvgIpc) is 3.00. The van der Waals surface area contributed by atoms with Gasteiger partial charge in [-0.05, 0) is 36.6 Å². The van der Waals surface area contributed by atoms with E-state index >= 15 is 0 Å². The highest BCUT2D eigenvalue weighted by atomic mass is 32.1. The van der Waals surface area contributed by atoms with Crippen LogP contribution < -0.4 is 10.6 Å². The molecule has 5 heteroatoms. The summed E-state index contributed by atoms with van der Waals surface area (Å²) >= 11 is 1.66. The summed E-state index contributed by atoms with van der Waals surface area (Å²) in [5.41, 5.74) is 7.40. The number of nitrogen functional groups attached to an aromatic ring is 1. The topological polar surface area (TPSA) is 42.1 Å². The van der Waals surface area contributed by atoms with Crippen molar-refractivity contribution in [2.45, 2.75) is 13.0 Å². The van der Waals surface area contributed by atoms with E-state index in [0.29, 0.717) is 16.9 Å². The molecule has 21 heavy (non-hydrogen) atoms. The second-order valence-corrected chi connectivity index (χ2v) is 5.98. The first kappa shape index (κ1) is 13.8. The highest BCUT2D eigenvalue weighted by Gasteiger charge is 2.20. The molecule has 0 aliphatic heterocycles. The zero-order valence-electron chi connectivity index (χ0n) is 11.9. The highest BCUT2D eigenvalue weighted by molar-refractivity contribution is 7.10. The molecule has 0 saturated heterocycles. The number of nitrogens with two attached hydrogens (primary N) is 1. The molecule has 3 aromatic rings. The summed E-state index contributed by atoms with van der Waals surface area (Å²) < 4.78 is 14.5. The Labute approximate surface area is 126 Å². The Morgan fingerprint density at radius 1 is 1.33 bits per heavy atom. The van der Waals surface area contributed by atoms with E-state index in [-0.39, 0.29) is 11.9 Å². The van der Waals surface area contributed by atoms with E-state index in [4.69, 9.17) is 5.73 Å². The van der Waals surface area contributed by atoms with Crippen LogP contribution in [0.25, 0.3) is 10.9 Å². The van der Waals surface area contributed by atoms with Crippen molar-refractivity contribution in [1.29, 1.82) is 0 Å². The molecule has 1 aromatic carbocycles. The smallest absolute Gasteiger partial charge is 0.150 e. The van der Waals surface area contributed by atoms with E-state index in [0.717, 1.165) is 5.39 Å². The Kier molecular flexibility index (Phi) is 3.51. The maximum atomic E-state index is 14.5. The molecule has 0 amide bonds. The standard InChI is InChI=1S/C16H16FN3S/c1-10(14-6-4-8-21-14)20(2)16-12(17)9-13(18)11-5-3-7-19-15(11)16/h3-10H,18H2,1-2H3. The van der Waals surface area contributed by atoms with Gasteiger partial charge in [-0.25, -0.2) is 4.39 Å². The van der Waals surface area contributed by atoms with Gasteiger partial charge in [0.1, 0.15) is 5.69 Å². The fourth-order valence-corrected chi connectivity index (χ4v) is 3.30. The summed E-state index contributed by atoms with van der Waals surface area (Å²) in [6.45, 7) is 2.05. The summed E-state index contributed by atoms with van der Waals surface area (Å²) in [5, 5.41) is 2.80. The second kappa shape index (κ2) is 5.33. The quantitative estimate of drug-likeness (QED) is 0.737. The van der Waals surface area contributed by atoms with Crippen molar-refractivity contribution in [1.82, 2.24) is 4.98 Å². The lowest BCUT2D eigenvalue weighted by atomic mass is 10.1. The third kappa shape index (κ3) is 2.34. The number of pyridine rings is 1. The van der Waals surface area contributed by atoms with Gasteiger partial charge < -0.3 is 10.6 Å². The van der Waals surface area contributed by atoms with E-state index < -0.39 is 0 Å². The van der Waals surface area contributed by atoms with Gasteiger partial charge in [0.15, 0.2) is 5.82 Å². The van der Waals surface area contributed by atoms with E-state index in [2.05, 4.69) is 18.0 Å². The summed E-state index contributed by atoms with van der Waals surface area (Å²) in [6, 6.07) is 9.16. The molecule has 3 nitrogen and oxygen atoms in total. The number of halogens is 1. The van der Waals surface area contributed by atoms with Crippen molar-refractivity contribution in [3.8, 4) is 0 Å². The van der Waals surface area contributed by atoms with E-state index in [9.17, 15) is 4.39 Å². The van der Waals surface area contributed by atoms with Gasteiger partial charge in [0.25, 0.3) is 0 Å². The maximum Gasteiger partial charge on any atom is 0.150 e. The van der Waals surface area contributed by atoms with Crippen LogP contribution in [-0.4, -0.2) is 12.0 Å². The van der Waals surface area contributed by atoms with Gasteiger partial charge in [-0.15, -0.1) is 11.3 Å². The minimum atomic E-state index is -0.343. The van der Waals surface area contributed by atoms with Crippen molar-refractivity contribution in [3.63, 3.8) is 0 Å². The Bertz CT molecular complexity index is 771. The van der Waals surface area contributed by atoms with Crippen LogP contribution in [0.1, 0.15) is 17.8 Å². The Morgan fingerprint density at radius 3 is 2.86 bits per heavy atom. The van der Waals surface area contributed by atoms with Gasteiger partial charge >= 0.3 is 0 Å². The van der Waals surface area contributed by atoms with Gasteiger partial charge in [-0.2, -0.15) is 0 Å². The van der Waals surface area contributed by atoms with Crippen LogP contribution in [0.4, 0.5) is 15.8 Å². The van der Waals surface area contributed by atoms with E-state index in [1.54, 1.807) is 17.5 Å². The number of benzene rings is 1. The number of anilines is 2. The number of thiophene rings is 1. The van der Waals surface area contributed by atoms with E-state index in [1.165, 1.54) is 10.9 Å². The van der Waals surface area contributed by atoms with Crippen LogP contribution in [0.3, 0.4) is 0 Å². The van der Waals surface area contributed by atoms with Crippen molar-refractivity contribution < 1.29 is 4.39 Å². The largest absolute Gasteiger partial charge is 0.398 e. The first-order valence-electron chi connectivity index (χ1n) is 6.68. The molecule has 0 bridgehead atoms. The van der Waals surface area contributed by atoms with E-state index in [1.807, 2.05) is 35.5 Å². The van der Waals surface area contributed by atoms with Crippen LogP contribution in [0.15, 0.2) is 41.9 Å². The number of hydrogen-bond acceptors (Lipinski definition) is 4. The Morgan fingerprint density at radius 2 is 2.14 bits per heavy atom. The fourth-order valence-electron chi connectivity index (χ4n) is 2.47. The molecule has 0 aliphatic rings. The number of aromatic nitrogens is 1. The van der Waals surface area contributed by atoms with Gasteiger partial charge in [0.05, 0.1) is 11.6 Å². The lowest BCUT2D eigenvalue weighted by Crippen LogP contribution is -2.22. The predicted octanol–water partition coefficient (Wildman–Crippen LogP) is 4.22. The molecule has 1 atom stereocenters. The molecule has 108 valence electrons. The Hall–Kier alpha value is -2.14. The van der Waals surface area contributed by atoms with Gasteiger partial charge in [-0.3, -0.25) is 4.98 Å². The van der Waals surface area contributed by atoms with Crippen LogP contribution in [0, 0.1) is 5.82 Å². The third-order valence-electron chi connectivity index (χ3n) is 3.74. The molecule has 2 N–H and O–H groups in total. The minimum Gasteiger partial charge on any atom is -0.398 e. The summed E-state index contributed by atoms with van der Waals surface area (Å²) in [7, 11) is 1.88. The zero-order chi connectivity index (χ0) is 15.0. The van der Waals surface area contributed by atoms with Crippen LogP contribution in [0.2, 0.25) is 0 Å². The predicted molar refractivity (Wildman–Crippen MR) is 87.3 cm³/mol. The molecule has 0 aliphatic carbocycles. The normalized spacial score (nSPS) is 12.5. The molecule has 2 aromatic heterocycles. The highest BCUT2D eigenvalue weighted by Crippen LogP contribution is 2.36. The second-order valence-electron chi connectivity index (χ2n) is 5.00. The monoisotopic (exact) mass is 301 g/mol. The third-order valence-corrected chi connectivity index (χ3v) is 4.78. The van der Waals surface area contributed by atoms with Crippen molar-refractivity contribution in [2.24, 2.45) is 0 Å². The summed E-state index contributed by atoms with van der Waals surface area (Å²) in [4.78, 5) is 7.42. The molecular formula is C16H16FN3S. The maximum absolute atomic E-state index is 14.5. The fraction of sp³-hybridized carbons (Fsp3) is 0.188. The molecule has 0 saturated carbocycles. The molecule has 0 radical (unpaired) electrons. The lowest BCUT2D eigenvalue weighted by Gasteiger charge is -2.27. The number of rotatable bonds is 3. The van der Waals surface area contributed by atoms with Gasteiger partial charge in [0, 0.05) is 29.2 Å². The van der Waals surface area contributed by atoms with Crippen molar-refractivity contribution in [2.75, 3.05) is 17.7 Å². The van der Waals surface area contributed by atoms with Crippen molar-refractivity contribution >= 4 is 33.6 Å². The van der Waals surface area contributed by atoms with Gasteiger partial charge in [0.2, 0.25) is 0 Å². The number of fused-ring (bicyclic) bond motifs is 1. The molecule has 0 fully saturated rings. The number of hydrogen-bond donors (Lipinski definition) is 1. The molecular weight excluding hydrogens is 285 g/mol. The van der Waals surface area contributed by atoms with Crippen LogP contribution >= 0.6 is 11.3 Å². The Balaban J connectivity index is 2.16. The first-order chi connectivity index (χ1) is 10.1. The SMILES string of the molecule is CC(c1cccs1)N(C)c1c(F)cc(N)c2cccnc12. The lowest BCUT2D eigenvalue weighted by molar-refractivity contribution is 0.615. The average molecular weight is 301 g/mol. The molecule has 3 rings (SSSR count). The van der Waals surface area contributed by atoms with Crippen LogP contribution in [0.5, 0.6) is 0 Å². The molecule has 1 unspecified atom stereocenters. The summed E-state index contributed by atoms with van der Waals surface area (Å²) in [6.07, 6.45) is 1.66. The number of nitrogens with zero attached hydrogens (tertiary/aromatic N) is 2. The first-order valence-corrected chi connectivity index (χ1v) is 7.56. The van der Waals surface area contributed by atoms with Crippen LogP contribution in [-0.2, 0) is 0 Å². The zero-order valence-corrected chi connectivity index (χ0v) is 12.7. The summed E-state index contributed by atoms with van der Waals surface area (Å²) in [5.74, 6) is -0.343. The minimum absolute atomic E-state index is 0.0633. The van der Waals surface area contributed by atoms with Crippen molar-refractivity contribution in [3.05, 3.63) is 52.6 Å². The molecule has 0 spiro atoms. The molecule has 2 heterocycles.